The lowest BCUT2D eigenvalue weighted by molar-refractivity contribution is -0.126. The van der Waals surface area contributed by atoms with Crippen molar-refractivity contribution >= 4 is 22.4 Å². The van der Waals surface area contributed by atoms with Crippen LogP contribution in [0.25, 0.3) is 0 Å². The van der Waals surface area contributed by atoms with E-state index in [1.807, 2.05) is 27.1 Å². The number of hydrogen-bond acceptors (Lipinski definition) is 5. The molecule has 0 bridgehead atoms. The van der Waals surface area contributed by atoms with Crippen LogP contribution in [0.1, 0.15) is 31.7 Å². The maximum Gasteiger partial charge on any atom is 0.245 e. The van der Waals surface area contributed by atoms with Crippen LogP contribution in [0.4, 0.5) is 5.13 Å². The summed E-state index contributed by atoms with van der Waals surface area (Å²) < 4.78 is 0. The molecule has 0 radical (unpaired) electrons. The number of aromatic nitrogens is 1. The number of carbonyl (C=O) groups excluding carboxylic acids is 1. The van der Waals surface area contributed by atoms with Gasteiger partial charge in [0, 0.05) is 30.2 Å². The maximum absolute atomic E-state index is 11.9. The smallest absolute Gasteiger partial charge is 0.245 e. The molecule has 1 saturated heterocycles. The number of anilines is 1. The summed E-state index contributed by atoms with van der Waals surface area (Å²) in [6, 6.07) is 0.290. The van der Waals surface area contributed by atoms with Crippen LogP contribution in [0.15, 0.2) is 6.20 Å². The number of nitrogens with zero attached hydrogens (tertiary/aromatic N) is 2. The topological polar surface area (TPSA) is 57.3 Å². The molecule has 6 heteroatoms. The Hall–Kier alpha value is -1.14. The van der Waals surface area contributed by atoms with Gasteiger partial charge in [-0.05, 0) is 27.8 Å². The lowest BCUT2D eigenvalue weighted by Crippen LogP contribution is -2.62. The third-order valence-electron chi connectivity index (χ3n) is 3.45. The summed E-state index contributed by atoms with van der Waals surface area (Å²) in [5.74, 6) is 0.0622. The van der Waals surface area contributed by atoms with Crippen molar-refractivity contribution in [3.05, 3.63) is 11.1 Å². The second-order valence-corrected chi connectivity index (χ2v) is 6.06. The fourth-order valence-electron chi connectivity index (χ4n) is 1.98. The summed E-state index contributed by atoms with van der Waals surface area (Å²) >= 11 is 1.65. The molecule has 2 rings (SSSR count). The minimum atomic E-state index is -0.531. The molecule has 0 spiro atoms. The van der Waals surface area contributed by atoms with Gasteiger partial charge in [-0.3, -0.25) is 4.79 Å². The van der Waals surface area contributed by atoms with Crippen molar-refractivity contribution in [2.24, 2.45) is 0 Å². The summed E-state index contributed by atoms with van der Waals surface area (Å²) in [7, 11) is 1.93. The van der Waals surface area contributed by atoms with Gasteiger partial charge in [0.25, 0.3) is 0 Å². The molecule has 100 valence electrons. The summed E-state index contributed by atoms with van der Waals surface area (Å²) in [5.41, 5.74) is -0.531. The lowest BCUT2D eigenvalue weighted by atomic mass is 10.00. The fraction of sp³-hybridized carbons (Fsp3) is 0.667. The zero-order valence-electron chi connectivity index (χ0n) is 11.3. The van der Waals surface area contributed by atoms with Crippen molar-refractivity contribution in [1.82, 2.24) is 15.6 Å². The monoisotopic (exact) mass is 268 g/mol. The van der Waals surface area contributed by atoms with Gasteiger partial charge in [-0.25, -0.2) is 4.98 Å². The fourth-order valence-corrected chi connectivity index (χ4v) is 3.12. The molecule has 0 aliphatic carbocycles. The molecule has 0 aromatic carbocycles. The van der Waals surface area contributed by atoms with Crippen LogP contribution in [0.5, 0.6) is 0 Å². The van der Waals surface area contributed by atoms with Gasteiger partial charge < -0.3 is 15.5 Å². The van der Waals surface area contributed by atoms with Gasteiger partial charge in [0.1, 0.15) is 5.54 Å². The van der Waals surface area contributed by atoms with Gasteiger partial charge in [0.05, 0.1) is 0 Å². The molecule has 0 saturated carbocycles. The highest BCUT2D eigenvalue weighted by atomic mass is 32.1. The zero-order valence-corrected chi connectivity index (χ0v) is 12.1. The van der Waals surface area contributed by atoms with Crippen LogP contribution < -0.4 is 15.5 Å². The lowest BCUT2D eigenvalue weighted by Gasteiger charge is -2.41. The van der Waals surface area contributed by atoms with Gasteiger partial charge >= 0.3 is 0 Å². The number of nitrogens with one attached hydrogen (secondary N) is 2. The van der Waals surface area contributed by atoms with Gasteiger partial charge in [0.15, 0.2) is 5.13 Å². The summed E-state index contributed by atoms with van der Waals surface area (Å²) in [4.78, 5) is 19.6. The average molecular weight is 268 g/mol. The van der Waals surface area contributed by atoms with Gasteiger partial charge in [0.2, 0.25) is 5.91 Å². The molecule has 1 amide bonds. The molecule has 1 aliphatic rings. The Morgan fingerprint density at radius 3 is 3.00 bits per heavy atom. The standard InChI is InChI=1S/C12H20N4OS/c1-8(13-4)9-7-15-11(18-9)16-6-5-14-10(17)12(16,2)3/h7-8,13H,5-6H2,1-4H3,(H,14,17). The SMILES string of the molecule is CNC(C)c1cnc(N2CCNC(=O)C2(C)C)s1. The van der Waals surface area contributed by atoms with Crippen LogP contribution in [-0.4, -0.2) is 36.6 Å². The maximum atomic E-state index is 11.9. The van der Waals surface area contributed by atoms with Crippen molar-refractivity contribution in [3.63, 3.8) is 0 Å². The Morgan fingerprint density at radius 2 is 2.33 bits per heavy atom. The van der Waals surface area contributed by atoms with Crippen LogP contribution in [0, 0.1) is 0 Å². The Morgan fingerprint density at radius 1 is 1.61 bits per heavy atom. The summed E-state index contributed by atoms with van der Waals surface area (Å²) in [5, 5.41) is 7.02. The number of piperazine rings is 1. The largest absolute Gasteiger partial charge is 0.352 e. The molecule has 1 aliphatic heterocycles. The minimum absolute atomic E-state index is 0.0622. The van der Waals surface area contributed by atoms with Crippen LogP contribution >= 0.6 is 11.3 Å². The molecule has 1 atom stereocenters. The zero-order chi connectivity index (χ0) is 13.3. The first-order chi connectivity index (χ1) is 8.46. The Kier molecular flexibility index (Phi) is 3.59. The molecule has 18 heavy (non-hydrogen) atoms. The highest BCUT2D eigenvalue weighted by Crippen LogP contribution is 2.32. The van der Waals surface area contributed by atoms with E-state index in [9.17, 15) is 4.79 Å². The second-order valence-electron chi connectivity index (χ2n) is 5.02. The molecule has 1 fully saturated rings. The molecule has 5 nitrogen and oxygen atoms in total. The van der Waals surface area contributed by atoms with E-state index in [2.05, 4.69) is 27.4 Å². The molecule has 1 aromatic heterocycles. The van der Waals surface area contributed by atoms with Crippen LogP contribution in [-0.2, 0) is 4.79 Å². The average Bonchev–Trinajstić information content (AvgIpc) is 2.80. The van der Waals surface area contributed by atoms with Gasteiger partial charge in [-0.1, -0.05) is 0 Å². The Balaban J connectivity index is 2.25. The van der Waals surface area contributed by atoms with Crippen LogP contribution in [0.2, 0.25) is 0 Å². The molecule has 2 N–H and O–H groups in total. The van der Waals surface area contributed by atoms with E-state index in [1.54, 1.807) is 11.3 Å². The second kappa shape index (κ2) is 4.85. The van der Waals surface area contributed by atoms with Gasteiger partial charge in [-0.15, -0.1) is 11.3 Å². The van der Waals surface area contributed by atoms with E-state index in [0.29, 0.717) is 6.54 Å². The van der Waals surface area contributed by atoms with Crippen molar-refractivity contribution in [3.8, 4) is 0 Å². The predicted octanol–water partition coefficient (Wildman–Crippen LogP) is 1.14. The summed E-state index contributed by atoms with van der Waals surface area (Å²) in [6.45, 7) is 7.46. The number of amides is 1. The molecule has 1 unspecified atom stereocenters. The molecular weight excluding hydrogens is 248 g/mol. The highest BCUT2D eigenvalue weighted by Gasteiger charge is 2.39. The number of carbonyl (C=O) groups is 1. The summed E-state index contributed by atoms with van der Waals surface area (Å²) in [6.07, 6.45) is 1.89. The van der Waals surface area contributed by atoms with E-state index in [-0.39, 0.29) is 11.9 Å². The van der Waals surface area contributed by atoms with E-state index < -0.39 is 5.54 Å². The number of rotatable bonds is 3. The first-order valence-electron chi connectivity index (χ1n) is 6.15. The van der Waals surface area contributed by atoms with E-state index >= 15 is 0 Å². The third-order valence-corrected chi connectivity index (χ3v) is 4.66. The van der Waals surface area contributed by atoms with Crippen molar-refractivity contribution in [1.29, 1.82) is 0 Å². The van der Waals surface area contributed by atoms with Crippen molar-refractivity contribution in [2.45, 2.75) is 32.4 Å². The number of thiazole rings is 1. The minimum Gasteiger partial charge on any atom is -0.352 e. The first kappa shape index (κ1) is 13.3. The molecule has 1 aromatic rings. The quantitative estimate of drug-likeness (QED) is 0.863. The van der Waals surface area contributed by atoms with E-state index in [4.69, 9.17) is 0 Å². The Bertz CT molecular complexity index is 443. The predicted molar refractivity (Wildman–Crippen MR) is 74.0 cm³/mol. The van der Waals surface area contributed by atoms with Crippen molar-refractivity contribution in [2.75, 3.05) is 25.0 Å². The molecular formula is C12H20N4OS. The normalized spacial score (nSPS) is 20.7. The van der Waals surface area contributed by atoms with Gasteiger partial charge in [-0.2, -0.15) is 0 Å². The number of hydrogen-bond donors (Lipinski definition) is 2. The van der Waals surface area contributed by atoms with E-state index in [0.717, 1.165) is 11.7 Å². The Labute approximate surface area is 112 Å². The third kappa shape index (κ3) is 2.22. The van der Waals surface area contributed by atoms with E-state index in [1.165, 1.54) is 4.88 Å². The first-order valence-corrected chi connectivity index (χ1v) is 6.97. The van der Waals surface area contributed by atoms with Crippen LogP contribution in [0.3, 0.4) is 0 Å². The molecule has 2 heterocycles. The highest BCUT2D eigenvalue weighted by molar-refractivity contribution is 7.15. The van der Waals surface area contributed by atoms with Crippen molar-refractivity contribution < 1.29 is 4.79 Å².